The summed E-state index contributed by atoms with van der Waals surface area (Å²) in [5, 5.41) is 0. The molecule has 0 aliphatic rings. The standard InChI is InChI=1S/C18H18O2/c1-13(14(2)19)12-15-8-10-17(11-9-15)18(20)16-6-4-3-5-7-16/h3-11,13H,12H2,1-2H3/t13-/m0/s1. The van der Waals surface area contributed by atoms with Gasteiger partial charge in [-0.15, -0.1) is 0 Å². The Morgan fingerprint density at radius 2 is 1.45 bits per heavy atom. The van der Waals surface area contributed by atoms with E-state index >= 15 is 0 Å². The van der Waals surface area contributed by atoms with Gasteiger partial charge in [-0.1, -0.05) is 61.5 Å². The SMILES string of the molecule is CC(=O)[C@@H](C)Cc1ccc(C(=O)c2ccccc2)cc1. The van der Waals surface area contributed by atoms with E-state index in [0.717, 1.165) is 12.0 Å². The van der Waals surface area contributed by atoms with Crippen molar-refractivity contribution in [1.82, 2.24) is 0 Å². The summed E-state index contributed by atoms with van der Waals surface area (Å²) in [6.07, 6.45) is 0.717. The van der Waals surface area contributed by atoms with E-state index in [-0.39, 0.29) is 17.5 Å². The third-order valence-corrected chi connectivity index (χ3v) is 3.49. The summed E-state index contributed by atoms with van der Waals surface area (Å²) < 4.78 is 0. The van der Waals surface area contributed by atoms with Gasteiger partial charge in [0, 0.05) is 17.0 Å². The zero-order valence-corrected chi connectivity index (χ0v) is 11.8. The molecule has 20 heavy (non-hydrogen) atoms. The van der Waals surface area contributed by atoms with Gasteiger partial charge in [0.05, 0.1) is 0 Å². The summed E-state index contributed by atoms with van der Waals surface area (Å²) in [7, 11) is 0. The summed E-state index contributed by atoms with van der Waals surface area (Å²) in [5.74, 6) is 0.233. The third-order valence-electron chi connectivity index (χ3n) is 3.49. The number of hydrogen-bond acceptors (Lipinski definition) is 2. The van der Waals surface area contributed by atoms with Gasteiger partial charge in [0.1, 0.15) is 5.78 Å². The van der Waals surface area contributed by atoms with Crippen LogP contribution in [0.15, 0.2) is 54.6 Å². The maximum absolute atomic E-state index is 12.2. The van der Waals surface area contributed by atoms with E-state index in [9.17, 15) is 9.59 Å². The average Bonchev–Trinajstić information content (AvgIpc) is 2.48. The first-order valence-electron chi connectivity index (χ1n) is 6.77. The maximum atomic E-state index is 12.2. The predicted octanol–water partition coefficient (Wildman–Crippen LogP) is 3.69. The van der Waals surface area contributed by atoms with Crippen LogP contribution in [0.4, 0.5) is 0 Å². The van der Waals surface area contributed by atoms with Crippen molar-refractivity contribution in [2.75, 3.05) is 0 Å². The van der Waals surface area contributed by atoms with E-state index < -0.39 is 0 Å². The van der Waals surface area contributed by atoms with Gasteiger partial charge in [0.15, 0.2) is 5.78 Å². The summed E-state index contributed by atoms with van der Waals surface area (Å²) in [4.78, 5) is 23.5. The van der Waals surface area contributed by atoms with Gasteiger partial charge in [-0.25, -0.2) is 0 Å². The minimum atomic E-state index is 0.0191. The lowest BCUT2D eigenvalue weighted by Gasteiger charge is -2.08. The molecule has 0 bridgehead atoms. The monoisotopic (exact) mass is 266 g/mol. The quantitative estimate of drug-likeness (QED) is 0.773. The fraction of sp³-hybridized carbons (Fsp3) is 0.222. The molecule has 2 aromatic rings. The Balaban J connectivity index is 2.12. The van der Waals surface area contributed by atoms with Crippen LogP contribution in [0.3, 0.4) is 0 Å². The average molecular weight is 266 g/mol. The Hall–Kier alpha value is -2.22. The molecule has 0 unspecified atom stereocenters. The zero-order chi connectivity index (χ0) is 14.5. The molecule has 2 aromatic carbocycles. The number of carbonyl (C=O) groups is 2. The van der Waals surface area contributed by atoms with Gasteiger partial charge in [-0.3, -0.25) is 9.59 Å². The van der Waals surface area contributed by atoms with E-state index in [0.29, 0.717) is 11.1 Å². The van der Waals surface area contributed by atoms with E-state index in [4.69, 9.17) is 0 Å². The highest BCUT2D eigenvalue weighted by Crippen LogP contribution is 2.14. The first kappa shape index (κ1) is 14.2. The molecule has 2 heteroatoms. The Bertz CT molecular complexity index is 597. The van der Waals surface area contributed by atoms with Gasteiger partial charge < -0.3 is 0 Å². The number of rotatable bonds is 5. The highest BCUT2D eigenvalue weighted by molar-refractivity contribution is 6.08. The van der Waals surface area contributed by atoms with Crippen LogP contribution >= 0.6 is 0 Å². The van der Waals surface area contributed by atoms with Crippen LogP contribution in [-0.2, 0) is 11.2 Å². The maximum Gasteiger partial charge on any atom is 0.193 e. The molecule has 0 aliphatic heterocycles. The molecule has 2 nitrogen and oxygen atoms in total. The second-order valence-corrected chi connectivity index (χ2v) is 5.11. The van der Waals surface area contributed by atoms with E-state index in [1.165, 1.54) is 0 Å². The van der Waals surface area contributed by atoms with Crippen LogP contribution in [0.1, 0.15) is 35.3 Å². The highest BCUT2D eigenvalue weighted by atomic mass is 16.1. The van der Waals surface area contributed by atoms with Crippen LogP contribution in [0.2, 0.25) is 0 Å². The second kappa shape index (κ2) is 6.29. The lowest BCUT2D eigenvalue weighted by Crippen LogP contribution is -2.09. The normalized spacial score (nSPS) is 11.9. The molecular formula is C18H18O2. The topological polar surface area (TPSA) is 34.1 Å². The van der Waals surface area contributed by atoms with Crippen LogP contribution in [0.5, 0.6) is 0 Å². The largest absolute Gasteiger partial charge is 0.300 e. The molecular weight excluding hydrogens is 248 g/mol. The molecule has 0 fully saturated rings. The smallest absolute Gasteiger partial charge is 0.193 e. The fourth-order valence-corrected chi connectivity index (χ4v) is 2.05. The minimum absolute atomic E-state index is 0.0191. The summed E-state index contributed by atoms with van der Waals surface area (Å²) in [6.45, 7) is 3.53. The number of ketones is 2. The molecule has 1 atom stereocenters. The number of benzene rings is 2. The van der Waals surface area contributed by atoms with Crippen molar-refractivity contribution < 1.29 is 9.59 Å². The minimum Gasteiger partial charge on any atom is -0.300 e. The molecule has 102 valence electrons. The number of carbonyl (C=O) groups excluding carboxylic acids is 2. The molecule has 0 aliphatic carbocycles. The molecule has 0 saturated heterocycles. The fourth-order valence-electron chi connectivity index (χ4n) is 2.05. The Labute approximate surface area is 119 Å². The molecule has 0 heterocycles. The van der Waals surface area contributed by atoms with Gasteiger partial charge in [0.2, 0.25) is 0 Å². The van der Waals surface area contributed by atoms with Crippen LogP contribution in [0, 0.1) is 5.92 Å². The Kier molecular flexibility index (Phi) is 4.46. The molecule has 0 amide bonds. The van der Waals surface area contributed by atoms with Crippen LogP contribution in [-0.4, -0.2) is 11.6 Å². The van der Waals surface area contributed by atoms with E-state index in [1.807, 2.05) is 61.5 Å². The van der Waals surface area contributed by atoms with Crippen molar-refractivity contribution in [2.24, 2.45) is 5.92 Å². The van der Waals surface area contributed by atoms with E-state index in [1.54, 1.807) is 6.92 Å². The van der Waals surface area contributed by atoms with Crippen molar-refractivity contribution in [3.05, 3.63) is 71.3 Å². The highest BCUT2D eigenvalue weighted by Gasteiger charge is 2.11. The van der Waals surface area contributed by atoms with Crippen molar-refractivity contribution in [3.8, 4) is 0 Å². The van der Waals surface area contributed by atoms with Crippen molar-refractivity contribution in [3.63, 3.8) is 0 Å². The lowest BCUT2D eigenvalue weighted by molar-refractivity contribution is -0.120. The Morgan fingerprint density at radius 1 is 0.900 bits per heavy atom. The van der Waals surface area contributed by atoms with Crippen LogP contribution in [0.25, 0.3) is 0 Å². The molecule has 0 N–H and O–H groups in total. The first-order chi connectivity index (χ1) is 9.58. The Morgan fingerprint density at radius 3 is 2.00 bits per heavy atom. The number of Topliss-reactive ketones (excluding diaryl/α,β-unsaturated/α-hetero) is 1. The lowest BCUT2D eigenvalue weighted by atomic mass is 9.96. The van der Waals surface area contributed by atoms with Gasteiger partial charge in [-0.05, 0) is 18.9 Å². The zero-order valence-electron chi connectivity index (χ0n) is 11.8. The van der Waals surface area contributed by atoms with Crippen molar-refractivity contribution >= 4 is 11.6 Å². The number of hydrogen-bond donors (Lipinski definition) is 0. The second-order valence-electron chi connectivity index (χ2n) is 5.11. The molecule has 0 saturated carbocycles. The molecule has 0 radical (unpaired) electrons. The molecule has 2 rings (SSSR count). The van der Waals surface area contributed by atoms with E-state index in [2.05, 4.69) is 0 Å². The van der Waals surface area contributed by atoms with Gasteiger partial charge >= 0.3 is 0 Å². The van der Waals surface area contributed by atoms with Gasteiger partial charge in [-0.2, -0.15) is 0 Å². The van der Waals surface area contributed by atoms with Crippen LogP contribution < -0.4 is 0 Å². The molecule has 0 spiro atoms. The predicted molar refractivity (Wildman–Crippen MR) is 79.9 cm³/mol. The first-order valence-corrected chi connectivity index (χ1v) is 6.77. The van der Waals surface area contributed by atoms with Gasteiger partial charge in [0.25, 0.3) is 0 Å². The van der Waals surface area contributed by atoms with Crippen molar-refractivity contribution in [1.29, 1.82) is 0 Å². The third kappa shape index (κ3) is 3.41. The summed E-state index contributed by atoms with van der Waals surface area (Å²) in [5.41, 5.74) is 2.45. The summed E-state index contributed by atoms with van der Waals surface area (Å²) >= 11 is 0. The summed E-state index contributed by atoms with van der Waals surface area (Å²) in [6, 6.07) is 16.7. The molecule has 0 aromatic heterocycles. The van der Waals surface area contributed by atoms with Crippen molar-refractivity contribution in [2.45, 2.75) is 20.3 Å².